The first-order chi connectivity index (χ1) is 13.9. The first-order valence-corrected chi connectivity index (χ1v) is 10.2. The highest BCUT2D eigenvalue weighted by atomic mass is 19.1. The number of halogens is 1. The van der Waals surface area contributed by atoms with Gasteiger partial charge in [-0.15, -0.1) is 0 Å². The highest BCUT2D eigenvalue weighted by Gasteiger charge is 2.32. The molecule has 2 aliphatic rings. The van der Waals surface area contributed by atoms with E-state index in [0.717, 1.165) is 25.8 Å². The quantitative estimate of drug-likeness (QED) is 0.577. The summed E-state index contributed by atoms with van der Waals surface area (Å²) in [5, 5.41) is 3.61. The number of aromatic nitrogens is 2. The second kappa shape index (κ2) is 7.64. The van der Waals surface area contributed by atoms with Crippen LogP contribution in [0, 0.1) is 25.2 Å². The van der Waals surface area contributed by atoms with Crippen LogP contribution in [0.3, 0.4) is 0 Å². The van der Waals surface area contributed by atoms with Gasteiger partial charge in [0.1, 0.15) is 5.82 Å². The van der Waals surface area contributed by atoms with E-state index in [9.17, 15) is 9.59 Å². The molecule has 154 valence electrons. The Morgan fingerprint density at radius 3 is 2.83 bits per heavy atom. The molecule has 1 aromatic carbocycles. The topological polar surface area (TPSA) is 74.5 Å². The predicted octanol–water partition coefficient (Wildman–Crippen LogP) is 2.20. The van der Waals surface area contributed by atoms with Crippen molar-refractivity contribution in [1.82, 2.24) is 14.9 Å². The van der Waals surface area contributed by atoms with Crippen molar-refractivity contribution in [3.05, 3.63) is 49.7 Å². The van der Waals surface area contributed by atoms with Crippen LogP contribution in [0.1, 0.15) is 37.8 Å². The SMILES string of the molecule is [C-]#[N+]CCNC(C)C1CCN(c2c(F)cc3c(=O)[nH]c(=O)n(C4CC4)c3c2C)C1. The van der Waals surface area contributed by atoms with Crippen LogP contribution in [0.15, 0.2) is 15.7 Å². The molecule has 0 spiro atoms. The molecule has 2 fully saturated rings. The number of hydrogen-bond acceptors (Lipinski definition) is 4. The van der Waals surface area contributed by atoms with E-state index in [-0.39, 0.29) is 17.5 Å². The van der Waals surface area contributed by atoms with Gasteiger partial charge in [-0.1, -0.05) is 0 Å². The minimum Gasteiger partial charge on any atom is -0.369 e. The second-order valence-electron chi connectivity index (χ2n) is 8.21. The zero-order valence-electron chi connectivity index (χ0n) is 16.8. The molecule has 1 saturated carbocycles. The molecule has 2 unspecified atom stereocenters. The van der Waals surface area contributed by atoms with E-state index in [2.05, 4.69) is 22.1 Å². The Balaban J connectivity index is 1.70. The van der Waals surface area contributed by atoms with Crippen molar-refractivity contribution in [2.45, 2.75) is 45.2 Å². The van der Waals surface area contributed by atoms with Gasteiger partial charge in [0.15, 0.2) is 0 Å². The number of fused-ring (bicyclic) bond motifs is 1. The number of aromatic amines is 1. The van der Waals surface area contributed by atoms with Crippen molar-refractivity contribution in [2.75, 3.05) is 31.1 Å². The fraction of sp³-hybridized carbons (Fsp3) is 0.571. The molecule has 1 saturated heterocycles. The number of rotatable bonds is 6. The molecule has 4 rings (SSSR count). The minimum atomic E-state index is -0.535. The molecule has 0 radical (unpaired) electrons. The van der Waals surface area contributed by atoms with Crippen molar-refractivity contribution in [3.8, 4) is 0 Å². The molecule has 2 atom stereocenters. The minimum absolute atomic E-state index is 0.0804. The molecule has 2 N–H and O–H groups in total. The van der Waals surface area contributed by atoms with E-state index in [4.69, 9.17) is 6.57 Å². The maximum absolute atomic E-state index is 15.1. The average Bonchev–Trinajstić information content (AvgIpc) is 3.39. The van der Waals surface area contributed by atoms with Crippen LogP contribution >= 0.6 is 0 Å². The van der Waals surface area contributed by atoms with Crippen LogP contribution in [0.4, 0.5) is 10.1 Å². The third kappa shape index (κ3) is 3.55. The van der Waals surface area contributed by atoms with Crippen molar-refractivity contribution < 1.29 is 4.39 Å². The summed E-state index contributed by atoms with van der Waals surface area (Å²) < 4.78 is 16.7. The van der Waals surface area contributed by atoms with Gasteiger partial charge in [0, 0.05) is 30.7 Å². The van der Waals surface area contributed by atoms with Gasteiger partial charge < -0.3 is 15.1 Å². The van der Waals surface area contributed by atoms with Gasteiger partial charge in [0.05, 0.1) is 23.1 Å². The second-order valence-corrected chi connectivity index (χ2v) is 8.21. The molecule has 1 aliphatic heterocycles. The van der Waals surface area contributed by atoms with Gasteiger partial charge >= 0.3 is 5.69 Å². The van der Waals surface area contributed by atoms with E-state index < -0.39 is 17.1 Å². The van der Waals surface area contributed by atoms with Crippen LogP contribution in [0.25, 0.3) is 15.7 Å². The first-order valence-electron chi connectivity index (χ1n) is 10.2. The molecule has 29 heavy (non-hydrogen) atoms. The fourth-order valence-electron chi connectivity index (χ4n) is 4.55. The predicted molar refractivity (Wildman–Crippen MR) is 111 cm³/mol. The molecule has 0 amide bonds. The van der Waals surface area contributed by atoms with Crippen molar-refractivity contribution in [3.63, 3.8) is 0 Å². The van der Waals surface area contributed by atoms with E-state index in [0.29, 0.717) is 42.3 Å². The van der Waals surface area contributed by atoms with Gasteiger partial charge in [-0.25, -0.2) is 15.8 Å². The molecule has 2 aromatic rings. The third-order valence-electron chi connectivity index (χ3n) is 6.24. The Morgan fingerprint density at radius 1 is 1.38 bits per heavy atom. The van der Waals surface area contributed by atoms with Gasteiger partial charge in [-0.2, -0.15) is 0 Å². The van der Waals surface area contributed by atoms with Crippen molar-refractivity contribution in [1.29, 1.82) is 0 Å². The molecule has 0 bridgehead atoms. The third-order valence-corrected chi connectivity index (χ3v) is 6.24. The molecular formula is C21H26FN5O2. The lowest BCUT2D eigenvalue weighted by atomic mass is 10.0. The highest BCUT2D eigenvalue weighted by Crippen LogP contribution is 2.39. The van der Waals surface area contributed by atoms with E-state index in [1.54, 1.807) is 4.57 Å². The summed E-state index contributed by atoms with van der Waals surface area (Å²) in [6.45, 7) is 13.3. The molecule has 2 heterocycles. The summed E-state index contributed by atoms with van der Waals surface area (Å²) in [6, 6.07) is 1.59. The standard InChI is InChI=1S/C21H26FN5O2/c1-12-18-16(20(28)25-21(29)27(18)15-4-5-15)10-17(22)19(12)26-9-6-14(11-26)13(2)24-8-7-23-3/h10,13-15,24H,4-9,11H2,1-2H3,(H,25,28,29). The van der Waals surface area contributed by atoms with E-state index in [1.807, 2.05) is 11.8 Å². The number of nitrogens with one attached hydrogen (secondary N) is 2. The summed E-state index contributed by atoms with van der Waals surface area (Å²) in [4.78, 5) is 32.5. The van der Waals surface area contributed by atoms with Crippen LogP contribution in [0.2, 0.25) is 0 Å². The molecule has 8 heteroatoms. The van der Waals surface area contributed by atoms with Crippen molar-refractivity contribution >= 4 is 16.6 Å². The monoisotopic (exact) mass is 399 g/mol. The maximum Gasteiger partial charge on any atom is 0.329 e. The summed E-state index contributed by atoms with van der Waals surface area (Å²) in [5.41, 5.74) is 0.761. The summed E-state index contributed by atoms with van der Waals surface area (Å²) in [7, 11) is 0. The Morgan fingerprint density at radius 2 is 2.14 bits per heavy atom. The maximum atomic E-state index is 15.1. The molecule has 1 aliphatic carbocycles. The van der Waals surface area contributed by atoms with Crippen LogP contribution in [-0.2, 0) is 0 Å². The Labute approximate surface area is 168 Å². The smallest absolute Gasteiger partial charge is 0.329 e. The lowest BCUT2D eigenvalue weighted by Gasteiger charge is -2.25. The Kier molecular flexibility index (Phi) is 5.17. The number of benzene rings is 1. The first kappa shape index (κ1) is 19.6. The van der Waals surface area contributed by atoms with E-state index in [1.165, 1.54) is 6.07 Å². The van der Waals surface area contributed by atoms with Gasteiger partial charge in [-0.05, 0) is 45.1 Å². The lowest BCUT2D eigenvalue weighted by molar-refractivity contribution is 0.409. The van der Waals surface area contributed by atoms with Crippen LogP contribution in [0.5, 0.6) is 0 Å². The Hall–Kier alpha value is -2.66. The molecular weight excluding hydrogens is 373 g/mol. The number of anilines is 1. The summed E-state index contributed by atoms with van der Waals surface area (Å²) >= 11 is 0. The number of aryl methyl sites for hydroxylation is 1. The normalized spacial score (nSPS) is 20.2. The lowest BCUT2D eigenvalue weighted by Crippen LogP contribution is -2.36. The fourth-order valence-corrected chi connectivity index (χ4v) is 4.55. The zero-order chi connectivity index (χ0) is 20.7. The number of H-pyrrole nitrogens is 1. The Bertz CT molecular complexity index is 1100. The average molecular weight is 399 g/mol. The number of nitrogens with zero attached hydrogens (tertiary/aromatic N) is 3. The van der Waals surface area contributed by atoms with Gasteiger partial charge in [-0.3, -0.25) is 14.3 Å². The zero-order valence-corrected chi connectivity index (χ0v) is 16.8. The summed E-state index contributed by atoms with van der Waals surface area (Å²) in [6.07, 6.45) is 2.72. The summed E-state index contributed by atoms with van der Waals surface area (Å²) in [5.74, 6) is -0.0733. The molecule has 1 aromatic heterocycles. The van der Waals surface area contributed by atoms with Crippen LogP contribution in [-0.4, -0.2) is 41.8 Å². The number of hydrogen-bond donors (Lipinski definition) is 2. The van der Waals surface area contributed by atoms with Crippen LogP contribution < -0.4 is 21.5 Å². The molecule has 7 nitrogen and oxygen atoms in total. The highest BCUT2D eigenvalue weighted by molar-refractivity contribution is 5.87. The van der Waals surface area contributed by atoms with Gasteiger partial charge in [0.2, 0.25) is 6.54 Å². The van der Waals surface area contributed by atoms with Crippen molar-refractivity contribution in [2.24, 2.45) is 5.92 Å². The largest absolute Gasteiger partial charge is 0.369 e. The van der Waals surface area contributed by atoms with E-state index >= 15 is 4.39 Å². The van der Waals surface area contributed by atoms with Gasteiger partial charge in [0.25, 0.3) is 5.56 Å².